The van der Waals surface area contributed by atoms with Crippen molar-refractivity contribution >= 4 is 29.5 Å². The van der Waals surface area contributed by atoms with Crippen molar-refractivity contribution < 1.29 is 19.1 Å². The third-order valence-electron chi connectivity index (χ3n) is 5.80. The summed E-state index contributed by atoms with van der Waals surface area (Å²) in [4.78, 5) is 37.7. The van der Waals surface area contributed by atoms with Crippen molar-refractivity contribution in [3.63, 3.8) is 0 Å². The first kappa shape index (κ1) is 25.8. The van der Waals surface area contributed by atoms with Crippen LogP contribution in [0.5, 0.6) is 0 Å². The lowest BCUT2D eigenvalue weighted by molar-refractivity contribution is -0.145. The molecule has 7 heteroatoms. The van der Waals surface area contributed by atoms with Crippen molar-refractivity contribution in [2.45, 2.75) is 56.6 Å². The predicted octanol–water partition coefficient (Wildman–Crippen LogP) is 4.57. The predicted molar refractivity (Wildman–Crippen MR) is 135 cm³/mol. The standard InChI is InChI=1S/C27H34N2O4S/c1-2-33-27(32)23-15-13-22(14-16-23)20-34-26-18-25(31)29(26)19-24(30)28-17-9-4-3-6-10-21-11-7-5-8-12-21/h5,7-8,11-16,26H,2-4,6,9-10,17-20H2,1H3,(H,28,30). The topological polar surface area (TPSA) is 75.7 Å². The smallest absolute Gasteiger partial charge is 0.338 e. The minimum atomic E-state index is -0.323. The number of thioether (sulfide) groups is 1. The van der Waals surface area contributed by atoms with Gasteiger partial charge in [-0.25, -0.2) is 4.79 Å². The lowest BCUT2D eigenvalue weighted by Gasteiger charge is -2.39. The van der Waals surface area contributed by atoms with E-state index in [0.29, 0.717) is 30.9 Å². The number of unbranched alkanes of at least 4 members (excludes halogenated alkanes) is 3. The quantitative estimate of drug-likeness (QED) is 0.242. The zero-order chi connectivity index (χ0) is 24.2. The van der Waals surface area contributed by atoms with E-state index in [1.165, 1.54) is 5.56 Å². The van der Waals surface area contributed by atoms with Gasteiger partial charge in [0, 0.05) is 12.3 Å². The monoisotopic (exact) mass is 482 g/mol. The summed E-state index contributed by atoms with van der Waals surface area (Å²) in [6.45, 7) is 2.90. The maximum absolute atomic E-state index is 12.3. The van der Waals surface area contributed by atoms with Crippen LogP contribution in [-0.2, 0) is 26.5 Å². The van der Waals surface area contributed by atoms with Gasteiger partial charge in [-0.05, 0) is 49.4 Å². The van der Waals surface area contributed by atoms with E-state index in [-0.39, 0.29) is 29.7 Å². The van der Waals surface area contributed by atoms with Crippen LogP contribution in [0.15, 0.2) is 54.6 Å². The molecule has 0 aromatic heterocycles. The van der Waals surface area contributed by atoms with Gasteiger partial charge in [0.15, 0.2) is 0 Å². The molecule has 1 aliphatic heterocycles. The average molecular weight is 483 g/mol. The molecule has 0 saturated carbocycles. The molecule has 2 aromatic rings. The molecule has 0 spiro atoms. The second-order valence-electron chi connectivity index (χ2n) is 8.41. The average Bonchev–Trinajstić information content (AvgIpc) is 2.85. The SMILES string of the molecule is CCOC(=O)c1ccc(CSC2CC(=O)N2CC(=O)NCCCCCCc2ccccc2)cc1. The minimum Gasteiger partial charge on any atom is -0.462 e. The van der Waals surface area contributed by atoms with Crippen LogP contribution < -0.4 is 5.32 Å². The summed E-state index contributed by atoms with van der Waals surface area (Å²) in [6, 6.07) is 17.8. The van der Waals surface area contributed by atoms with Crippen molar-refractivity contribution in [2.24, 2.45) is 0 Å². The zero-order valence-electron chi connectivity index (χ0n) is 19.8. The summed E-state index contributed by atoms with van der Waals surface area (Å²) in [6.07, 6.45) is 5.90. The molecule has 0 radical (unpaired) electrons. The van der Waals surface area contributed by atoms with Crippen molar-refractivity contribution in [3.05, 3.63) is 71.3 Å². The van der Waals surface area contributed by atoms with Crippen molar-refractivity contribution in [3.8, 4) is 0 Å². The van der Waals surface area contributed by atoms with E-state index >= 15 is 0 Å². The molecule has 6 nitrogen and oxygen atoms in total. The Kier molecular flexibility index (Phi) is 10.5. The number of rotatable bonds is 14. The number of likely N-dealkylation sites (tertiary alicyclic amines) is 1. The molecule has 1 saturated heterocycles. The van der Waals surface area contributed by atoms with E-state index < -0.39 is 0 Å². The van der Waals surface area contributed by atoms with Crippen LogP contribution in [0.3, 0.4) is 0 Å². The Labute approximate surface area is 206 Å². The second kappa shape index (κ2) is 13.8. The van der Waals surface area contributed by atoms with Crippen LogP contribution >= 0.6 is 11.8 Å². The van der Waals surface area contributed by atoms with E-state index in [1.54, 1.807) is 35.7 Å². The first-order valence-corrected chi connectivity index (χ1v) is 13.1. The maximum atomic E-state index is 12.3. The zero-order valence-corrected chi connectivity index (χ0v) is 20.6. The molecule has 0 bridgehead atoms. The van der Waals surface area contributed by atoms with E-state index in [2.05, 4.69) is 29.6 Å². The van der Waals surface area contributed by atoms with Gasteiger partial charge in [0.1, 0.15) is 6.54 Å². The maximum Gasteiger partial charge on any atom is 0.338 e. The highest BCUT2D eigenvalue weighted by atomic mass is 32.2. The number of nitrogens with one attached hydrogen (secondary N) is 1. The summed E-state index contributed by atoms with van der Waals surface area (Å²) in [5.41, 5.74) is 2.97. The molecule has 1 atom stereocenters. The first-order chi connectivity index (χ1) is 16.6. The van der Waals surface area contributed by atoms with Gasteiger partial charge in [0.2, 0.25) is 11.8 Å². The molecular weight excluding hydrogens is 448 g/mol. The Morgan fingerprint density at radius 3 is 2.44 bits per heavy atom. The summed E-state index contributed by atoms with van der Waals surface area (Å²) in [5, 5.41) is 2.96. The van der Waals surface area contributed by atoms with Gasteiger partial charge in [0.05, 0.1) is 24.0 Å². The number of ether oxygens (including phenoxy) is 1. The van der Waals surface area contributed by atoms with Gasteiger partial charge in [-0.2, -0.15) is 0 Å². The van der Waals surface area contributed by atoms with Gasteiger partial charge in [-0.1, -0.05) is 55.3 Å². The van der Waals surface area contributed by atoms with Crippen LogP contribution in [0.4, 0.5) is 0 Å². The number of benzene rings is 2. The molecule has 3 rings (SSSR count). The normalized spacial score (nSPS) is 15.0. The summed E-state index contributed by atoms with van der Waals surface area (Å²) in [5.74, 6) is 0.311. The Morgan fingerprint density at radius 1 is 1.00 bits per heavy atom. The summed E-state index contributed by atoms with van der Waals surface area (Å²) >= 11 is 1.64. The van der Waals surface area contributed by atoms with Crippen LogP contribution in [0.2, 0.25) is 0 Å². The van der Waals surface area contributed by atoms with Crippen LogP contribution in [0.1, 0.15) is 60.5 Å². The number of hydrogen-bond acceptors (Lipinski definition) is 5. The number of carbonyl (C=O) groups is 3. The molecule has 34 heavy (non-hydrogen) atoms. The Hall–Kier alpha value is -2.80. The second-order valence-corrected chi connectivity index (χ2v) is 9.57. The molecule has 1 heterocycles. The number of β-lactam (4-membered cyclic amide) rings is 1. The molecule has 1 fully saturated rings. The fraction of sp³-hybridized carbons (Fsp3) is 0.444. The number of hydrogen-bond donors (Lipinski definition) is 1. The Balaban J connectivity index is 1.28. The number of esters is 1. The van der Waals surface area contributed by atoms with Gasteiger partial charge in [-0.15, -0.1) is 11.8 Å². The number of nitrogens with zero attached hydrogens (tertiary/aromatic N) is 1. The van der Waals surface area contributed by atoms with Crippen molar-refractivity contribution in [1.82, 2.24) is 10.2 Å². The molecule has 0 aliphatic carbocycles. The minimum absolute atomic E-state index is 0.0148. The largest absolute Gasteiger partial charge is 0.462 e. The van der Waals surface area contributed by atoms with Crippen molar-refractivity contribution in [1.29, 1.82) is 0 Å². The van der Waals surface area contributed by atoms with Gasteiger partial charge in [-0.3, -0.25) is 9.59 Å². The van der Waals surface area contributed by atoms with Gasteiger partial charge >= 0.3 is 5.97 Å². The summed E-state index contributed by atoms with van der Waals surface area (Å²) in [7, 11) is 0. The molecule has 2 amide bonds. The van der Waals surface area contributed by atoms with Gasteiger partial charge in [0.25, 0.3) is 0 Å². The Bertz CT molecular complexity index is 933. The highest BCUT2D eigenvalue weighted by Crippen LogP contribution is 2.31. The summed E-state index contributed by atoms with van der Waals surface area (Å²) < 4.78 is 5.00. The first-order valence-electron chi connectivity index (χ1n) is 12.0. The molecule has 1 N–H and O–H groups in total. The molecule has 1 aliphatic rings. The van der Waals surface area contributed by atoms with Crippen LogP contribution in [-0.4, -0.2) is 47.8 Å². The lowest BCUT2D eigenvalue weighted by atomic mass is 10.1. The fourth-order valence-corrected chi connectivity index (χ4v) is 5.01. The number of aryl methyl sites for hydroxylation is 1. The lowest BCUT2D eigenvalue weighted by Crippen LogP contribution is -2.54. The number of carbonyl (C=O) groups excluding carboxylic acids is 3. The van der Waals surface area contributed by atoms with Crippen LogP contribution in [0, 0.1) is 0 Å². The fourth-order valence-electron chi connectivity index (χ4n) is 3.80. The third-order valence-corrected chi connectivity index (χ3v) is 7.10. The molecule has 2 aromatic carbocycles. The van der Waals surface area contributed by atoms with E-state index in [1.807, 2.05) is 18.2 Å². The van der Waals surface area contributed by atoms with Gasteiger partial charge < -0.3 is 15.0 Å². The van der Waals surface area contributed by atoms with E-state index in [9.17, 15) is 14.4 Å². The third kappa shape index (κ3) is 8.20. The van der Waals surface area contributed by atoms with Crippen molar-refractivity contribution in [2.75, 3.05) is 19.7 Å². The molecule has 182 valence electrons. The van der Waals surface area contributed by atoms with E-state index in [4.69, 9.17) is 4.74 Å². The number of amides is 2. The Morgan fingerprint density at radius 2 is 1.74 bits per heavy atom. The molecular formula is C27H34N2O4S. The van der Waals surface area contributed by atoms with E-state index in [0.717, 1.165) is 37.7 Å². The molecule has 1 unspecified atom stereocenters. The van der Waals surface area contributed by atoms with Crippen LogP contribution in [0.25, 0.3) is 0 Å². The highest BCUT2D eigenvalue weighted by Gasteiger charge is 2.37. The highest BCUT2D eigenvalue weighted by molar-refractivity contribution is 7.99.